The predicted octanol–water partition coefficient (Wildman–Crippen LogP) is 0.926. The topological polar surface area (TPSA) is 85.8 Å². The minimum Gasteiger partial charge on any atom is -0.369 e. The Hall–Kier alpha value is -2.21. The average Bonchev–Trinajstić information content (AvgIpc) is 3.09. The number of hydrogen-bond donors (Lipinski definition) is 2. The van der Waals surface area contributed by atoms with Crippen LogP contribution in [0.3, 0.4) is 0 Å². The van der Waals surface area contributed by atoms with Crippen molar-refractivity contribution < 1.29 is 4.79 Å². The molecule has 0 saturated heterocycles. The molecule has 0 spiro atoms. The maximum Gasteiger partial charge on any atom is 0.225 e. The number of carbonyl (C=O) groups is 1. The summed E-state index contributed by atoms with van der Waals surface area (Å²) >= 11 is 0. The maximum atomic E-state index is 11.1. The Kier molecular flexibility index (Phi) is 3.94. The molecule has 0 aliphatic heterocycles. The third-order valence-corrected chi connectivity index (χ3v) is 4.23. The molecule has 0 unspecified atom stereocenters. The highest BCUT2D eigenvalue weighted by molar-refractivity contribution is 5.75. The number of aromatic nitrogens is 3. The number of hydrogen-bond acceptors (Lipinski definition) is 4. The third-order valence-electron chi connectivity index (χ3n) is 4.23. The molecule has 1 aliphatic carbocycles. The van der Waals surface area contributed by atoms with Crippen LogP contribution in [0.2, 0.25) is 0 Å². The lowest BCUT2D eigenvalue weighted by Crippen LogP contribution is -2.22. The molecule has 0 radical (unpaired) electrons. The number of primary amides is 1. The van der Waals surface area contributed by atoms with Crippen LogP contribution < -0.4 is 11.1 Å². The van der Waals surface area contributed by atoms with Gasteiger partial charge in [0.1, 0.15) is 5.82 Å². The Morgan fingerprint density at radius 1 is 1.41 bits per heavy atom. The van der Waals surface area contributed by atoms with E-state index in [4.69, 9.17) is 5.73 Å². The van der Waals surface area contributed by atoms with E-state index in [9.17, 15) is 4.79 Å². The van der Waals surface area contributed by atoms with Crippen molar-refractivity contribution in [3.8, 4) is 0 Å². The van der Waals surface area contributed by atoms with E-state index < -0.39 is 5.91 Å². The number of rotatable bonds is 5. The average molecular weight is 299 g/mol. The molecule has 1 atom stereocenters. The quantitative estimate of drug-likeness (QED) is 0.860. The molecule has 1 aromatic heterocycles. The molecule has 0 bridgehead atoms. The van der Waals surface area contributed by atoms with E-state index >= 15 is 0 Å². The van der Waals surface area contributed by atoms with E-state index in [0.717, 1.165) is 18.7 Å². The molecule has 1 aromatic carbocycles. The molecule has 1 aliphatic rings. The van der Waals surface area contributed by atoms with Gasteiger partial charge in [-0.15, -0.1) is 0 Å². The second kappa shape index (κ2) is 5.88. The van der Waals surface area contributed by atoms with Gasteiger partial charge in [-0.1, -0.05) is 24.3 Å². The van der Waals surface area contributed by atoms with Gasteiger partial charge in [0.05, 0.1) is 18.5 Å². The number of nitrogens with zero attached hydrogens (tertiary/aromatic N) is 3. The molecule has 2 aromatic rings. The Balaban J connectivity index is 1.92. The highest BCUT2D eigenvalue weighted by Crippen LogP contribution is 2.31. The van der Waals surface area contributed by atoms with E-state index in [1.54, 1.807) is 0 Å². The van der Waals surface area contributed by atoms with Crippen LogP contribution in [0.15, 0.2) is 24.3 Å². The number of amides is 1. The first-order valence-electron chi connectivity index (χ1n) is 7.56. The molecule has 1 amide bonds. The van der Waals surface area contributed by atoms with Crippen LogP contribution >= 0.6 is 0 Å². The standard InChI is InChI=1S/C16H21N5O/c1-10(18-2)16-19-15(9-14(17)22)20-21(16)13-7-11-5-3-4-6-12(11)8-13/h3-6,10,13,18H,7-9H2,1-2H3,(H2,17,22)/t10-/m0/s1. The van der Waals surface area contributed by atoms with Crippen molar-refractivity contribution in [3.05, 3.63) is 47.0 Å². The van der Waals surface area contributed by atoms with Gasteiger partial charge in [0.25, 0.3) is 0 Å². The monoisotopic (exact) mass is 299 g/mol. The first-order chi connectivity index (χ1) is 10.6. The molecule has 0 fully saturated rings. The third kappa shape index (κ3) is 2.74. The summed E-state index contributed by atoms with van der Waals surface area (Å²) in [6, 6.07) is 8.78. The van der Waals surface area contributed by atoms with Crippen molar-refractivity contribution in [1.82, 2.24) is 20.1 Å². The fourth-order valence-electron chi connectivity index (χ4n) is 3.01. The molecule has 6 nitrogen and oxygen atoms in total. The molecule has 3 N–H and O–H groups in total. The van der Waals surface area contributed by atoms with E-state index in [1.165, 1.54) is 11.1 Å². The van der Waals surface area contributed by atoms with E-state index in [0.29, 0.717) is 5.82 Å². The van der Waals surface area contributed by atoms with Crippen molar-refractivity contribution in [2.75, 3.05) is 7.05 Å². The van der Waals surface area contributed by atoms with Gasteiger partial charge in [-0.05, 0) is 37.9 Å². The fourth-order valence-corrected chi connectivity index (χ4v) is 3.01. The molecule has 0 saturated carbocycles. The van der Waals surface area contributed by atoms with E-state index in [-0.39, 0.29) is 18.5 Å². The van der Waals surface area contributed by atoms with E-state index in [1.807, 2.05) is 18.7 Å². The van der Waals surface area contributed by atoms with Crippen LogP contribution in [-0.2, 0) is 24.1 Å². The van der Waals surface area contributed by atoms with E-state index in [2.05, 4.69) is 39.7 Å². The predicted molar refractivity (Wildman–Crippen MR) is 83.3 cm³/mol. The number of nitrogens with one attached hydrogen (secondary N) is 1. The SMILES string of the molecule is CN[C@@H](C)c1nc(CC(N)=O)nn1C1Cc2ccccc2C1. The van der Waals surface area contributed by atoms with Gasteiger partial charge >= 0.3 is 0 Å². The van der Waals surface area contributed by atoms with Gasteiger partial charge in [-0.3, -0.25) is 4.79 Å². The zero-order chi connectivity index (χ0) is 15.7. The summed E-state index contributed by atoms with van der Waals surface area (Å²) in [7, 11) is 1.89. The number of nitrogens with two attached hydrogens (primary N) is 1. The zero-order valence-corrected chi connectivity index (χ0v) is 12.9. The van der Waals surface area contributed by atoms with Crippen molar-refractivity contribution in [2.45, 2.75) is 38.3 Å². The Bertz CT molecular complexity index is 669. The summed E-state index contributed by atoms with van der Waals surface area (Å²) in [4.78, 5) is 15.7. The lowest BCUT2D eigenvalue weighted by Gasteiger charge is -2.16. The minimum absolute atomic E-state index is 0.0674. The molecule has 3 rings (SSSR count). The maximum absolute atomic E-state index is 11.1. The Morgan fingerprint density at radius 2 is 2.05 bits per heavy atom. The highest BCUT2D eigenvalue weighted by Gasteiger charge is 2.27. The molecule has 1 heterocycles. The normalized spacial score (nSPS) is 15.7. The van der Waals surface area contributed by atoms with Crippen LogP contribution in [0.5, 0.6) is 0 Å². The fraction of sp³-hybridized carbons (Fsp3) is 0.438. The zero-order valence-electron chi connectivity index (χ0n) is 12.9. The first-order valence-corrected chi connectivity index (χ1v) is 7.56. The summed E-state index contributed by atoms with van der Waals surface area (Å²) in [5.74, 6) is 0.952. The summed E-state index contributed by atoms with van der Waals surface area (Å²) in [6.45, 7) is 2.04. The minimum atomic E-state index is -0.407. The van der Waals surface area contributed by atoms with Crippen molar-refractivity contribution >= 4 is 5.91 Å². The number of fused-ring (bicyclic) bond motifs is 1. The second-order valence-corrected chi connectivity index (χ2v) is 5.82. The molecule has 22 heavy (non-hydrogen) atoms. The largest absolute Gasteiger partial charge is 0.369 e. The van der Waals surface area contributed by atoms with Crippen LogP contribution in [-0.4, -0.2) is 27.7 Å². The van der Waals surface area contributed by atoms with Crippen LogP contribution in [0.1, 0.15) is 41.8 Å². The van der Waals surface area contributed by atoms with Gasteiger partial charge in [-0.25, -0.2) is 9.67 Å². The summed E-state index contributed by atoms with van der Waals surface area (Å²) in [6.07, 6.45) is 1.97. The second-order valence-electron chi connectivity index (χ2n) is 5.82. The number of benzene rings is 1. The van der Waals surface area contributed by atoms with Gasteiger partial charge in [-0.2, -0.15) is 5.10 Å². The van der Waals surface area contributed by atoms with Crippen molar-refractivity contribution in [1.29, 1.82) is 0 Å². The molecular weight excluding hydrogens is 278 g/mol. The van der Waals surface area contributed by atoms with Crippen molar-refractivity contribution in [2.24, 2.45) is 5.73 Å². The van der Waals surface area contributed by atoms with Crippen LogP contribution in [0.25, 0.3) is 0 Å². The first kappa shape index (κ1) is 14.7. The number of carbonyl (C=O) groups excluding carboxylic acids is 1. The highest BCUT2D eigenvalue weighted by atomic mass is 16.1. The van der Waals surface area contributed by atoms with Gasteiger partial charge in [0, 0.05) is 0 Å². The lowest BCUT2D eigenvalue weighted by atomic mass is 10.1. The van der Waals surface area contributed by atoms with Crippen molar-refractivity contribution in [3.63, 3.8) is 0 Å². The summed E-state index contributed by atoms with van der Waals surface area (Å²) < 4.78 is 1.97. The summed E-state index contributed by atoms with van der Waals surface area (Å²) in [5, 5.41) is 7.74. The molecule has 116 valence electrons. The molecular formula is C16H21N5O. The summed E-state index contributed by atoms with van der Waals surface area (Å²) in [5.41, 5.74) is 8.00. The van der Waals surface area contributed by atoms with Gasteiger partial charge < -0.3 is 11.1 Å². The Morgan fingerprint density at radius 3 is 2.59 bits per heavy atom. The lowest BCUT2D eigenvalue weighted by molar-refractivity contribution is -0.117. The van der Waals surface area contributed by atoms with Crippen LogP contribution in [0, 0.1) is 0 Å². The smallest absolute Gasteiger partial charge is 0.225 e. The molecule has 6 heteroatoms. The van der Waals surface area contributed by atoms with Gasteiger partial charge in [0.2, 0.25) is 5.91 Å². The van der Waals surface area contributed by atoms with Gasteiger partial charge in [0.15, 0.2) is 5.82 Å². The van der Waals surface area contributed by atoms with Crippen LogP contribution in [0.4, 0.5) is 0 Å². The Labute approximate surface area is 129 Å².